The average molecular weight is 688 g/mol. The molecule has 0 radical (unpaired) electrons. The summed E-state index contributed by atoms with van der Waals surface area (Å²) in [7, 11) is 0. The number of benzene rings is 3. The summed E-state index contributed by atoms with van der Waals surface area (Å²) in [5, 5.41) is 33.5. The van der Waals surface area contributed by atoms with Gasteiger partial charge in [0.25, 0.3) is 0 Å². The quantitative estimate of drug-likeness (QED) is 0.175. The highest BCUT2D eigenvalue weighted by Gasteiger charge is 2.52. The third kappa shape index (κ3) is 5.29. The van der Waals surface area contributed by atoms with E-state index in [-0.39, 0.29) is 22.6 Å². The standard InChI is InChI=1S/C33H36Br2O6/c1-5-9-18-16-25(29(36)21(11-7-3)27(18)34)33(24-14-13-20(31(38)39)15-23(24)32(40)41-33)26-17-19(10-6-2)28(35)22(12-8-4)30(26)37/h13-17,36-37H,5-12H2,1-4H3,(H,38,39). The summed E-state index contributed by atoms with van der Waals surface area (Å²) in [5.74, 6) is -1.91. The van der Waals surface area contributed by atoms with Crippen molar-refractivity contribution in [2.75, 3.05) is 0 Å². The zero-order chi connectivity index (χ0) is 30.1. The first-order valence-electron chi connectivity index (χ1n) is 14.3. The maximum atomic E-state index is 13.6. The number of hydrogen-bond acceptors (Lipinski definition) is 5. The van der Waals surface area contributed by atoms with Gasteiger partial charge in [-0.25, -0.2) is 9.59 Å². The number of phenols is 2. The predicted octanol–water partition coefficient (Wildman–Crippen LogP) is 8.59. The number of carboxylic acids is 1. The number of hydrogen-bond donors (Lipinski definition) is 3. The Labute approximate surface area is 258 Å². The third-order valence-electron chi connectivity index (χ3n) is 7.72. The first-order chi connectivity index (χ1) is 19.6. The summed E-state index contributed by atoms with van der Waals surface area (Å²) >= 11 is 7.44. The van der Waals surface area contributed by atoms with E-state index in [1.54, 1.807) is 6.07 Å². The number of fused-ring (bicyclic) bond motifs is 1. The minimum absolute atomic E-state index is 0.0158. The van der Waals surface area contributed by atoms with Crippen molar-refractivity contribution < 1.29 is 29.6 Å². The Hall–Kier alpha value is -2.84. The van der Waals surface area contributed by atoms with Crippen LogP contribution in [0.25, 0.3) is 0 Å². The number of esters is 1. The number of carboxylic acid groups (broad SMARTS) is 1. The van der Waals surface area contributed by atoms with Crippen LogP contribution in [0.2, 0.25) is 0 Å². The Balaban J connectivity index is 2.22. The number of carbonyl (C=O) groups excluding carboxylic acids is 1. The summed E-state index contributed by atoms with van der Waals surface area (Å²) in [4.78, 5) is 25.4. The monoisotopic (exact) mass is 686 g/mol. The highest BCUT2D eigenvalue weighted by Crippen LogP contribution is 2.55. The van der Waals surface area contributed by atoms with Gasteiger partial charge in [0.1, 0.15) is 11.5 Å². The van der Waals surface area contributed by atoms with Crippen molar-refractivity contribution in [3.63, 3.8) is 0 Å². The predicted molar refractivity (Wildman–Crippen MR) is 166 cm³/mol. The zero-order valence-electron chi connectivity index (χ0n) is 23.9. The lowest BCUT2D eigenvalue weighted by Crippen LogP contribution is -2.31. The van der Waals surface area contributed by atoms with Crippen LogP contribution in [0.1, 0.15) is 113 Å². The van der Waals surface area contributed by atoms with Crippen LogP contribution in [0.3, 0.4) is 0 Å². The summed E-state index contributed by atoms with van der Waals surface area (Å²) in [5.41, 5.74) is 2.76. The maximum absolute atomic E-state index is 13.6. The van der Waals surface area contributed by atoms with Gasteiger partial charge in [0.05, 0.1) is 11.1 Å². The van der Waals surface area contributed by atoms with E-state index in [4.69, 9.17) is 4.74 Å². The molecule has 0 aromatic heterocycles. The number of aromatic hydroxyl groups is 2. The number of cyclic esters (lactones) is 1. The molecule has 1 aliphatic heterocycles. The van der Waals surface area contributed by atoms with Crippen molar-refractivity contribution in [2.24, 2.45) is 0 Å². The molecule has 4 rings (SSSR count). The fourth-order valence-electron chi connectivity index (χ4n) is 5.88. The molecule has 0 atom stereocenters. The highest BCUT2D eigenvalue weighted by molar-refractivity contribution is 9.10. The van der Waals surface area contributed by atoms with E-state index in [9.17, 15) is 24.9 Å². The molecular formula is C33H36Br2O6. The van der Waals surface area contributed by atoms with E-state index in [1.807, 2.05) is 26.0 Å². The van der Waals surface area contributed by atoms with Crippen LogP contribution in [0.4, 0.5) is 0 Å². The average Bonchev–Trinajstić information content (AvgIpc) is 3.24. The van der Waals surface area contributed by atoms with E-state index in [2.05, 4.69) is 45.7 Å². The zero-order valence-corrected chi connectivity index (χ0v) is 27.0. The van der Waals surface area contributed by atoms with Gasteiger partial charge in [0.15, 0.2) is 5.60 Å². The van der Waals surface area contributed by atoms with Gasteiger partial charge in [-0.15, -0.1) is 0 Å². The molecule has 0 amide bonds. The molecule has 0 aliphatic carbocycles. The van der Waals surface area contributed by atoms with Crippen LogP contribution in [0.15, 0.2) is 39.3 Å². The van der Waals surface area contributed by atoms with Crippen LogP contribution >= 0.6 is 31.9 Å². The molecule has 41 heavy (non-hydrogen) atoms. The second-order valence-corrected chi connectivity index (χ2v) is 12.2. The van der Waals surface area contributed by atoms with Crippen molar-refractivity contribution in [2.45, 2.75) is 84.7 Å². The molecular weight excluding hydrogens is 652 g/mol. The Morgan fingerprint density at radius 1 is 0.756 bits per heavy atom. The molecule has 218 valence electrons. The number of phenolic OH excluding ortho intramolecular Hbond substituents is 2. The highest BCUT2D eigenvalue weighted by atomic mass is 79.9. The molecule has 0 spiro atoms. The third-order valence-corrected chi connectivity index (χ3v) is 9.70. The molecule has 0 unspecified atom stereocenters. The molecule has 0 saturated carbocycles. The van der Waals surface area contributed by atoms with Gasteiger partial charge in [0, 0.05) is 36.8 Å². The molecule has 6 nitrogen and oxygen atoms in total. The summed E-state index contributed by atoms with van der Waals surface area (Å²) in [6.07, 6.45) is 5.85. The Morgan fingerprint density at radius 3 is 1.63 bits per heavy atom. The van der Waals surface area contributed by atoms with Crippen molar-refractivity contribution in [3.05, 3.63) is 89.3 Å². The number of ether oxygens (including phenoxy) is 1. The van der Waals surface area contributed by atoms with E-state index < -0.39 is 17.5 Å². The second-order valence-electron chi connectivity index (χ2n) is 10.6. The van der Waals surface area contributed by atoms with Gasteiger partial charge >= 0.3 is 11.9 Å². The minimum Gasteiger partial charge on any atom is -0.507 e. The lowest BCUT2D eigenvalue weighted by Gasteiger charge is -2.34. The SMILES string of the molecule is CCCc1cc(C2(c3cc(CCC)c(Br)c(CCC)c3O)OC(=O)c3cc(C(=O)O)ccc32)c(O)c(CCC)c1Br. The first kappa shape index (κ1) is 31.1. The van der Waals surface area contributed by atoms with E-state index >= 15 is 0 Å². The van der Waals surface area contributed by atoms with Crippen LogP contribution in [-0.4, -0.2) is 27.3 Å². The fraction of sp³-hybridized carbons (Fsp3) is 0.394. The molecule has 3 aromatic rings. The normalized spacial score (nSPS) is 13.8. The summed E-state index contributed by atoms with van der Waals surface area (Å²) in [6, 6.07) is 8.04. The lowest BCUT2D eigenvalue weighted by molar-refractivity contribution is 0.0238. The maximum Gasteiger partial charge on any atom is 0.340 e. The van der Waals surface area contributed by atoms with Crippen molar-refractivity contribution in [1.82, 2.24) is 0 Å². The topological polar surface area (TPSA) is 104 Å². The Bertz CT molecular complexity index is 1440. The molecule has 1 heterocycles. The number of rotatable bonds is 11. The molecule has 1 aliphatic rings. The molecule has 3 aromatic carbocycles. The van der Waals surface area contributed by atoms with Crippen molar-refractivity contribution in [3.8, 4) is 11.5 Å². The smallest absolute Gasteiger partial charge is 0.340 e. The number of aryl methyl sites for hydroxylation is 2. The van der Waals surface area contributed by atoms with Gasteiger partial charge in [-0.05, 0) is 61.1 Å². The summed E-state index contributed by atoms with van der Waals surface area (Å²) in [6.45, 7) is 8.20. The Morgan fingerprint density at radius 2 is 1.22 bits per heavy atom. The van der Waals surface area contributed by atoms with Gasteiger partial charge in [-0.3, -0.25) is 0 Å². The van der Waals surface area contributed by atoms with Crippen molar-refractivity contribution >= 4 is 43.8 Å². The van der Waals surface area contributed by atoms with Crippen LogP contribution in [0, 0.1) is 0 Å². The number of aromatic carboxylic acids is 1. The molecule has 0 bridgehead atoms. The fourth-order valence-corrected chi connectivity index (χ4v) is 7.27. The number of halogens is 2. The van der Waals surface area contributed by atoms with E-state index in [0.717, 1.165) is 45.8 Å². The molecule has 0 fully saturated rings. The van der Waals surface area contributed by atoms with E-state index in [0.29, 0.717) is 53.5 Å². The molecule has 8 heteroatoms. The minimum atomic E-state index is -1.70. The largest absolute Gasteiger partial charge is 0.507 e. The summed E-state index contributed by atoms with van der Waals surface area (Å²) < 4.78 is 7.96. The van der Waals surface area contributed by atoms with Gasteiger partial charge in [-0.1, -0.05) is 91.3 Å². The first-order valence-corrected chi connectivity index (χ1v) is 15.8. The van der Waals surface area contributed by atoms with Crippen LogP contribution < -0.4 is 0 Å². The van der Waals surface area contributed by atoms with Crippen LogP contribution in [0.5, 0.6) is 11.5 Å². The second kappa shape index (κ2) is 12.6. The van der Waals surface area contributed by atoms with Gasteiger partial charge in [0.2, 0.25) is 0 Å². The van der Waals surface area contributed by atoms with Crippen LogP contribution in [-0.2, 0) is 36.0 Å². The number of carbonyl (C=O) groups is 2. The Kier molecular flexibility index (Phi) is 9.54. The van der Waals surface area contributed by atoms with E-state index in [1.165, 1.54) is 12.1 Å². The van der Waals surface area contributed by atoms with Crippen molar-refractivity contribution in [1.29, 1.82) is 0 Å². The molecule has 3 N–H and O–H groups in total. The van der Waals surface area contributed by atoms with Gasteiger partial charge in [-0.2, -0.15) is 0 Å². The molecule has 0 saturated heterocycles. The van der Waals surface area contributed by atoms with Gasteiger partial charge < -0.3 is 20.1 Å². The lowest BCUT2D eigenvalue weighted by atomic mass is 9.75.